The minimum Gasteiger partial charge on any atom is -0.354 e. The number of likely N-dealkylation sites (N-methyl/N-ethyl adjacent to an activating group) is 1. The molecular weight excluding hydrogens is 432 g/mol. The van der Waals surface area contributed by atoms with Gasteiger partial charge >= 0.3 is 0 Å². The van der Waals surface area contributed by atoms with Gasteiger partial charge in [-0.3, -0.25) is 14.5 Å². The van der Waals surface area contributed by atoms with Gasteiger partial charge in [0.1, 0.15) is 5.00 Å². The van der Waals surface area contributed by atoms with E-state index < -0.39 is 0 Å². The van der Waals surface area contributed by atoms with Gasteiger partial charge in [-0.1, -0.05) is 25.1 Å². The van der Waals surface area contributed by atoms with Crippen LogP contribution >= 0.6 is 11.3 Å². The van der Waals surface area contributed by atoms with Crippen LogP contribution in [-0.4, -0.2) is 64.9 Å². The largest absolute Gasteiger partial charge is 0.354 e. The first-order chi connectivity index (χ1) is 16.1. The van der Waals surface area contributed by atoms with Crippen LogP contribution in [0.25, 0.3) is 15.9 Å². The number of hydrogen-bond acceptors (Lipinski definition) is 4. The Bertz CT molecular complexity index is 1130. The zero-order valence-electron chi connectivity index (χ0n) is 19.2. The van der Waals surface area contributed by atoms with Crippen molar-refractivity contribution in [1.29, 1.82) is 0 Å². The molecule has 0 aliphatic carbocycles. The first-order valence-corrected chi connectivity index (χ1v) is 12.9. The number of aromatic nitrogens is 1. The number of fused-ring (bicyclic) bond motifs is 1. The monoisotopic (exact) mass is 464 g/mol. The first kappa shape index (κ1) is 22.2. The topological polar surface area (TPSA) is 57.6 Å². The first-order valence-electron chi connectivity index (χ1n) is 12.1. The number of amides is 2. The number of para-hydroxylation sites is 1. The number of thiophene rings is 1. The Morgan fingerprint density at radius 3 is 2.67 bits per heavy atom. The van der Waals surface area contributed by atoms with Crippen molar-refractivity contribution in [2.75, 3.05) is 32.7 Å². The molecule has 2 fully saturated rings. The summed E-state index contributed by atoms with van der Waals surface area (Å²) in [5.74, 6) is 0.240. The predicted molar refractivity (Wildman–Crippen MR) is 133 cm³/mol. The third-order valence-electron chi connectivity index (χ3n) is 7.21. The number of likely N-dealkylation sites (tertiary alicyclic amines) is 2. The lowest BCUT2D eigenvalue weighted by atomic mass is 9.95. The molecule has 0 spiro atoms. The molecule has 2 saturated heterocycles. The summed E-state index contributed by atoms with van der Waals surface area (Å²) < 4.78 is 2.14. The number of piperidine rings is 1. The predicted octanol–water partition coefficient (Wildman–Crippen LogP) is 4.14. The Morgan fingerprint density at radius 2 is 1.85 bits per heavy atom. The molecule has 6 nitrogen and oxygen atoms in total. The molecule has 0 radical (unpaired) electrons. The summed E-state index contributed by atoms with van der Waals surface area (Å²) in [7, 11) is 0. The van der Waals surface area contributed by atoms with Gasteiger partial charge in [-0.15, -0.1) is 11.3 Å². The molecule has 0 saturated carbocycles. The SMILES string of the molecule is CCN1CCC[C@H]1CNC(=O)C1CCN(C(=O)c2ccc(-n3ccc4ccccc43)s2)CC1. The maximum atomic E-state index is 13.1. The van der Waals surface area contributed by atoms with Crippen molar-refractivity contribution in [2.45, 2.75) is 38.6 Å². The van der Waals surface area contributed by atoms with Crippen molar-refractivity contribution in [3.63, 3.8) is 0 Å². The van der Waals surface area contributed by atoms with E-state index in [-0.39, 0.29) is 17.7 Å². The number of rotatable bonds is 6. The molecule has 4 heterocycles. The van der Waals surface area contributed by atoms with Crippen molar-refractivity contribution in [1.82, 2.24) is 19.7 Å². The van der Waals surface area contributed by atoms with Gasteiger partial charge in [0.25, 0.3) is 5.91 Å². The fourth-order valence-corrected chi connectivity index (χ4v) is 6.22. The molecule has 2 aromatic heterocycles. The smallest absolute Gasteiger partial charge is 0.263 e. The molecule has 2 aliphatic heterocycles. The van der Waals surface area contributed by atoms with Gasteiger partial charge < -0.3 is 14.8 Å². The lowest BCUT2D eigenvalue weighted by Crippen LogP contribution is -2.45. The number of nitrogens with one attached hydrogen (secondary N) is 1. The van der Waals surface area contributed by atoms with Crippen LogP contribution in [-0.2, 0) is 4.79 Å². The summed E-state index contributed by atoms with van der Waals surface area (Å²) in [6.07, 6.45) is 5.92. The highest BCUT2D eigenvalue weighted by Gasteiger charge is 2.30. The molecule has 3 aromatic rings. The van der Waals surface area contributed by atoms with E-state index in [1.54, 1.807) is 0 Å². The van der Waals surface area contributed by atoms with Crippen LogP contribution in [0.4, 0.5) is 0 Å². The fourth-order valence-electron chi connectivity index (χ4n) is 5.25. The molecule has 7 heteroatoms. The van der Waals surface area contributed by atoms with E-state index in [1.807, 2.05) is 29.2 Å². The Kier molecular flexibility index (Phi) is 6.51. The standard InChI is InChI=1S/C26H32N4O2S/c1-2-28-14-5-7-21(28)18-27-25(31)20-11-15-29(16-12-20)26(32)23-9-10-24(33-23)30-17-13-19-6-3-4-8-22(19)30/h3-4,6,8-10,13,17,20-21H,2,5,7,11-12,14-16,18H2,1H3,(H,27,31)/t21-/m0/s1. The van der Waals surface area contributed by atoms with Gasteiger partial charge in [-0.05, 0) is 68.4 Å². The zero-order chi connectivity index (χ0) is 22.8. The van der Waals surface area contributed by atoms with E-state index in [9.17, 15) is 9.59 Å². The van der Waals surface area contributed by atoms with Crippen molar-refractivity contribution in [2.24, 2.45) is 5.92 Å². The average molecular weight is 465 g/mol. The molecule has 1 N–H and O–H groups in total. The average Bonchev–Trinajstić information content (AvgIpc) is 3.61. The lowest BCUT2D eigenvalue weighted by Gasteiger charge is -2.31. The number of nitrogens with zero attached hydrogens (tertiary/aromatic N) is 3. The Balaban J connectivity index is 1.15. The quantitative estimate of drug-likeness (QED) is 0.596. The number of carbonyl (C=O) groups excluding carboxylic acids is 2. The molecule has 33 heavy (non-hydrogen) atoms. The lowest BCUT2D eigenvalue weighted by molar-refractivity contribution is -0.126. The van der Waals surface area contributed by atoms with Crippen LogP contribution in [0.1, 0.15) is 42.3 Å². The molecule has 0 unspecified atom stereocenters. The number of carbonyl (C=O) groups is 2. The number of benzene rings is 1. The van der Waals surface area contributed by atoms with E-state index in [4.69, 9.17) is 0 Å². The van der Waals surface area contributed by atoms with Crippen LogP contribution < -0.4 is 5.32 Å². The van der Waals surface area contributed by atoms with Crippen molar-refractivity contribution < 1.29 is 9.59 Å². The Hall–Kier alpha value is -2.64. The van der Waals surface area contributed by atoms with Crippen molar-refractivity contribution in [3.05, 3.63) is 53.5 Å². The number of hydrogen-bond donors (Lipinski definition) is 1. The maximum absolute atomic E-state index is 13.1. The van der Waals surface area contributed by atoms with Gasteiger partial charge in [-0.25, -0.2) is 0 Å². The van der Waals surface area contributed by atoms with E-state index in [2.05, 4.69) is 46.1 Å². The summed E-state index contributed by atoms with van der Waals surface area (Å²) in [5.41, 5.74) is 1.14. The van der Waals surface area contributed by atoms with Crippen LogP contribution in [0, 0.1) is 5.92 Å². The van der Waals surface area contributed by atoms with Crippen LogP contribution in [0.3, 0.4) is 0 Å². The van der Waals surface area contributed by atoms with Crippen molar-refractivity contribution >= 4 is 34.1 Å². The summed E-state index contributed by atoms with van der Waals surface area (Å²) in [6, 6.07) is 14.8. The van der Waals surface area contributed by atoms with Crippen LogP contribution in [0.2, 0.25) is 0 Å². The second-order valence-electron chi connectivity index (χ2n) is 9.12. The highest BCUT2D eigenvalue weighted by molar-refractivity contribution is 7.16. The molecular formula is C26H32N4O2S. The third kappa shape index (κ3) is 4.57. The second-order valence-corrected chi connectivity index (χ2v) is 10.2. The molecule has 2 aliphatic rings. The maximum Gasteiger partial charge on any atom is 0.263 e. The van der Waals surface area contributed by atoms with Gasteiger partial charge in [0.05, 0.1) is 10.4 Å². The summed E-state index contributed by atoms with van der Waals surface area (Å²) in [5, 5.41) is 5.42. The highest BCUT2D eigenvalue weighted by atomic mass is 32.1. The highest BCUT2D eigenvalue weighted by Crippen LogP contribution is 2.28. The van der Waals surface area contributed by atoms with Gasteiger partial charge in [0, 0.05) is 37.8 Å². The summed E-state index contributed by atoms with van der Waals surface area (Å²) in [4.78, 5) is 30.9. The van der Waals surface area contributed by atoms with E-state index >= 15 is 0 Å². The molecule has 2 amide bonds. The Labute approximate surface area is 199 Å². The summed E-state index contributed by atoms with van der Waals surface area (Å²) in [6.45, 7) is 6.40. The fraction of sp³-hybridized carbons (Fsp3) is 0.462. The van der Waals surface area contributed by atoms with Crippen LogP contribution in [0.5, 0.6) is 0 Å². The molecule has 1 aromatic carbocycles. The second kappa shape index (κ2) is 9.69. The van der Waals surface area contributed by atoms with Gasteiger partial charge in [0.2, 0.25) is 5.91 Å². The van der Waals surface area contributed by atoms with Gasteiger partial charge in [-0.2, -0.15) is 0 Å². The Morgan fingerprint density at radius 1 is 1.03 bits per heavy atom. The minimum atomic E-state index is 0.00988. The van der Waals surface area contributed by atoms with Gasteiger partial charge in [0.15, 0.2) is 0 Å². The van der Waals surface area contributed by atoms with E-state index in [0.717, 1.165) is 47.9 Å². The zero-order valence-corrected chi connectivity index (χ0v) is 20.0. The molecule has 1 atom stereocenters. The third-order valence-corrected chi connectivity index (χ3v) is 8.28. The van der Waals surface area contributed by atoms with E-state index in [0.29, 0.717) is 19.1 Å². The van der Waals surface area contributed by atoms with E-state index in [1.165, 1.54) is 29.6 Å². The molecule has 174 valence electrons. The summed E-state index contributed by atoms with van der Waals surface area (Å²) >= 11 is 1.53. The normalized spacial score (nSPS) is 19.9. The minimum absolute atomic E-state index is 0.00988. The van der Waals surface area contributed by atoms with Crippen LogP contribution in [0.15, 0.2) is 48.7 Å². The van der Waals surface area contributed by atoms with Crippen molar-refractivity contribution in [3.8, 4) is 5.00 Å². The molecule has 0 bridgehead atoms. The molecule has 5 rings (SSSR count).